The Morgan fingerprint density at radius 1 is 1.00 bits per heavy atom. The lowest BCUT2D eigenvalue weighted by Gasteiger charge is -2.21. The van der Waals surface area contributed by atoms with Crippen molar-refractivity contribution in [1.82, 2.24) is 10.6 Å². The van der Waals surface area contributed by atoms with Crippen molar-refractivity contribution < 1.29 is 33.0 Å². The number of alkyl carbamates (subject to hydrolysis) is 1. The van der Waals surface area contributed by atoms with Crippen LogP contribution in [0.1, 0.15) is 42.7 Å². The zero-order valence-electron chi connectivity index (χ0n) is 19.1. The average molecular weight is 487 g/mol. The summed E-state index contributed by atoms with van der Waals surface area (Å²) >= 11 is 0. The van der Waals surface area contributed by atoms with Crippen LogP contribution in [0.3, 0.4) is 0 Å². The number of carbonyl (C=O) groups is 3. The van der Waals surface area contributed by atoms with Crippen molar-refractivity contribution in [2.45, 2.75) is 44.1 Å². The van der Waals surface area contributed by atoms with E-state index in [1.54, 1.807) is 0 Å². The lowest BCUT2D eigenvalue weighted by atomic mass is 9.98. The maximum Gasteiger partial charge on any atom is 0.407 e. The molecule has 4 rings (SSSR count). The minimum absolute atomic E-state index is 0.0694. The predicted octanol–water partition coefficient (Wildman–Crippen LogP) is 4.17. The summed E-state index contributed by atoms with van der Waals surface area (Å²) < 4.78 is 30.8. The Morgan fingerprint density at radius 2 is 1.60 bits per heavy atom. The van der Waals surface area contributed by atoms with Gasteiger partial charge < -0.3 is 20.5 Å². The van der Waals surface area contributed by atoms with Gasteiger partial charge in [0.05, 0.1) is 5.92 Å². The van der Waals surface area contributed by atoms with Gasteiger partial charge in [-0.2, -0.15) is 0 Å². The first-order chi connectivity index (χ1) is 16.8. The summed E-state index contributed by atoms with van der Waals surface area (Å²) in [5.41, 5.74) is 4.36. The Hall–Kier alpha value is -3.49. The number of hydrogen-bond donors (Lipinski definition) is 3. The van der Waals surface area contributed by atoms with E-state index in [1.807, 2.05) is 48.5 Å². The van der Waals surface area contributed by atoms with Crippen molar-refractivity contribution in [3.05, 3.63) is 59.7 Å². The molecule has 2 atom stereocenters. The molecule has 0 aromatic heterocycles. The number of ether oxygens (including phenoxy) is 1. The Kier molecular flexibility index (Phi) is 7.63. The predicted molar refractivity (Wildman–Crippen MR) is 124 cm³/mol. The quantitative estimate of drug-likeness (QED) is 0.442. The fraction of sp³-hybridized carbons (Fsp3) is 0.423. The van der Waals surface area contributed by atoms with E-state index in [2.05, 4.69) is 10.6 Å². The van der Waals surface area contributed by atoms with Crippen molar-refractivity contribution in [2.75, 3.05) is 13.2 Å². The highest BCUT2D eigenvalue weighted by molar-refractivity contribution is 5.85. The molecule has 0 radical (unpaired) electrons. The smallest absolute Gasteiger partial charge is 0.407 e. The number of benzene rings is 2. The van der Waals surface area contributed by atoms with Crippen LogP contribution in [0.2, 0.25) is 0 Å². The van der Waals surface area contributed by atoms with Gasteiger partial charge in [0, 0.05) is 18.9 Å². The summed E-state index contributed by atoms with van der Waals surface area (Å²) in [5.74, 6) is -2.72. The van der Waals surface area contributed by atoms with E-state index < -0.39 is 42.8 Å². The molecule has 7 nitrogen and oxygen atoms in total. The number of fused-ring (bicyclic) bond motifs is 3. The Balaban J connectivity index is 1.34. The summed E-state index contributed by atoms with van der Waals surface area (Å²) in [5, 5.41) is 13.9. The minimum Gasteiger partial charge on any atom is -0.480 e. The molecule has 35 heavy (non-hydrogen) atoms. The number of carboxylic acids is 1. The van der Waals surface area contributed by atoms with Crippen LogP contribution < -0.4 is 10.6 Å². The maximum absolute atomic E-state index is 12.7. The van der Waals surface area contributed by atoms with Gasteiger partial charge in [-0.25, -0.2) is 18.4 Å². The maximum atomic E-state index is 12.7. The van der Waals surface area contributed by atoms with Gasteiger partial charge in [-0.1, -0.05) is 61.4 Å². The van der Waals surface area contributed by atoms with Crippen molar-refractivity contribution in [1.29, 1.82) is 0 Å². The number of carboxylic acid groups (broad SMARTS) is 1. The van der Waals surface area contributed by atoms with Gasteiger partial charge in [-0.15, -0.1) is 0 Å². The molecule has 1 fully saturated rings. The van der Waals surface area contributed by atoms with Gasteiger partial charge in [0.2, 0.25) is 12.3 Å². The Labute approximate surface area is 201 Å². The highest BCUT2D eigenvalue weighted by atomic mass is 19.3. The van der Waals surface area contributed by atoms with Crippen LogP contribution in [0, 0.1) is 11.8 Å². The molecule has 2 amide bonds. The molecule has 0 saturated heterocycles. The summed E-state index contributed by atoms with van der Waals surface area (Å²) in [6, 6.07) is 14.2. The van der Waals surface area contributed by atoms with Crippen molar-refractivity contribution in [3.63, 3.8) is 0 Å². The third-order valence-corrected chi connectivity index (χ3v) is 6.55. The zero-order chi connectivity index (χ0) is 24.9. The van der Waals surface area contributed by atoms with E-state index in [1.165, 1.54) is 0 Å². The second-order valence-electron chi connectivity index (χ2n) is 9.11. The molecule has 2 unspecified atom stereocenters. The van der Waals surface area contributed by atoms with Crippen LogP contribution in [0.15, 0.2) is 48.5 Å². The number of hydrogen-bond acceptors (Lipinski definition) is 4. The molecular weight excluding hydrogens is 458 g/mol. The summed E-state index contributed by atoms with van der Waals surface area (Å²) in [6.45, 7) is 0.0504. The zero-order valence-corrected chi connectivity index (χ0v) is 19.1. The number of carbonyl (C=O) groups excluding carboxylic acids is 2. The highest BCUT2D eigenvalue weighted by Crippen LogP contribution is 2.44. The van der Waals surface area contributed by atoms with E-state index in [0.29, 0.717) is 12.3 Å². The molecule has 186 valence electrons. The van der Waals surface area contributed by atoms with Crippen molar-refractivity contribution in [3.8, 4) is 11.1 Å². The molecule has 2 aliphatic carbocycles. The fourth-order valence-corrected chi connectivity index (χ4v) is 4.58. The average Bonchev–Trinajstić information content (AvgIpc) is 3.60. The Bertz CT molecular complexity index is 1040. The molecule has 0 heterocycles. The van der Waals surface area contributed by atoms with E-state index >= 15 is 0 Å². The topological polar surface area (TPSA) is 105 Å². The fourth-order valence-electron chi connectivity index (χ4n) is 4.58. The van der Waals surface area contributed by atoms with Crippen LogP contribution in [0.25, 0.3) is 11.1 Å². The number of nitrogens with one attached hydrogen (secondary N) is 2. The van der Waals surface area contributed by atoms with E-state index in [9.17, 15) is 23.2 Å². The molecule has 9 heteroatoms. The number of aliphatic carboxylic acids is 1. The van der Waals surface area contributed by atoms with Crippen LogP contribution in [-0.4, -0.2) is 48.7 Å². The third kappa shape index (κ3) is 6.15. The standard InChI is InChI=1S/C26H28F2N2O5/c27-23(28)12-22(25(32)33)30-24(31)16(11-15-9-10-15)13-29-26(34)35-14-21-19-7-3-1-5-17(19)18-6-2-4-8-20(18)21/h1-8,15-16,21-23H,9-14H2,(H,29,34)(H,30,31)(H,32,33). The van der Waals surface area contributed by atoms with Gasteiger partial charge in [-0.05, 0) is 34.6 Å². The number of amides is 2. The van der Waals surface area contributed by atoms with Crippen molar-refractivity contribution in [2.24, 2.45) is 11.8 Å². The van der Waals surface area contributed by atoms with E-state index in [-0.39, 0.29) is 19.1 Å². The first-order valence-electron chi connectivity index (χ1n) is 11.7. The van der Waals surface area contributed by atoms with E-state index in [0.717, 1.165) is 35.1 Å². The van der Waals surface area contributed by atoms with Crippen LogP contribution in [-0.2, 0) is 14.3 Å². The largest absolute Gasteiger partial charge is 0.480 e. The Morgan fingerprint density at radius 3 is 2.14 bits per heavy atom. The lowest BCUT2D eigenvalue weighted by Crippen LogP contribution is -2.47. The summed E-state index contributed by atoms with van der Waals surface area (Å²) in [4.78, 5) is 36.4. The minimum atomic E-state index is -2.86. The second kappa shape index (κ2) is 10.8. The molecule has 0 aliphatic heterocycles. The first-order valence-corrected chi connectivity index (χ1v) is 11.7. The molecule has 3 N–H and O–H groups in total. The third-order valence-electron chi connectivity index (χ3n) is 6.55. The van der Waals surface area contributed by atoms with Gasteiger partial charge in [0.25, 0.3) is 0 Å². The van der Waals surface area contributed by atoms with Crippen LogP contribution in [0.5, 0.6) is 0 Å². The number of alkyl halides is 2. The second-order valence-corrected chi connectivity index (χ2v) is 9.11. The monoisotopic (exact) mass is 486 g/mol. The van der Waals surface area contributed by atoms with Gasteiger partial charge in [0.1, 0.15) is 12.6 Å². The van der Waals surface area contributed by atoms with Gasteiger partial charge in [0.15, 0.2) is 0 Å². The molecular formula is C26H28F2N2O5. The SMILES string of the molecule is O=C(NCC(CC1CC1)C(=O)NC(CC(F)F)C(=O)O)OCC1c2ccccc2-c2ccccc21. The lowest BCUT2D eigenvalue weighted by molar-refractivity contribution is -0.143. The molecule has 2 aromatic carbocycles. The highest BCUT2D eigenvalue weighted by Gasteiger charge is 2.33. The molecule has 0 spiro atoms. The molecule has 0 bridgehead atoms. The number of rotatable bonds is 11. The molecule has 2 aromatic rings. The first kappa shape index (κ1) is 24.6. The van der Waals surface area contributed by atoms with Gasteiger partial charge in [-0.3, -0.25) is 4.79 Å². The summed E-state index contributed by atoms with van der Waals surface area (Å²) in [7, 11) is 0. The molecule has 1 saturated carbocycles. The molecule has 2 aliphatic rings. The normalized spacial score (nSPS) is 16.2. The van der Waals surface area contributed by atoms with Gasteiger partial charge >= 0.3 is 12.1 Å². The summed E-state index contributed by atoms with van der Waals surface area (Å²) in [6.07, 6.45) is -2.21. The van der Waals surface area contributed by atoms with Crippen molar-refractivity contribution >= 4 is 18.0 Å². The van der Waals surface area contributed by atoms with Crippen LogP contribution in [0.4, 0.5) is 13.6 Å². The number of halogens is 2. The van der Waals surface area contributed by atoms with E-state index in [4.69, 9.17) is 9.84 Å². The van der Waals surface area contributed by atoms with Crippen LogP contribution >= 0.6 is 0 Å².